The number of methoxy groups -OCH3 is 1. The van der Waals surface area contributed by atoms with Crippen LogP contribution in [0.25, 0.3) is 0 Å². The summed E-state index contributed by atoms with van der Waals surface area (Å²) >= 11 is 0. The molecular weight excluding hydrogens is 254 g/mol. The molecule has 2 rings (SSSR count). The first-order valence-corrected chi connectivity index (χ1v) is 7.03. The third kappa shape index (κ3) is 3.65. The van der Waals surface area contributed by atoms with Gasteiger partial charge in [0.05, 0.1) is 7.11 Å². The molecule has 0 unspecified atom stereocenters. The fourth-order valence-corrected chi connectivity index (χ4v) is 2.56. The van der Waals surface area contributed by atoms with Crippen LogP contribution in [0.15, 0.2) is 18.2 Å². The highest BCUT2D eigenvalue weighted by Crippen LogP contribution is 2.29. The van der Waals surface area contributed by atoms with Crippen molar-refractivity contribution in [1.29, 1.82) is 0 Å². The molecule has 0 heterocycles. The topological polar surface area (TPSA) is 47.6 Å². The van der Waals surface area contributed by atoms with Gasteiger partial charge in [0.1, 0.15) is 11.4 Å². The van der Waals surface area contributed by atoms with Crippen molar-refractivity contribution >= 4 is 6.09 Å². The molecule has 1 aliphatic rings. The van der Waals surface area contributed by atoms with Crippen molar-refractivity contribution in [2.45, 2.75) is 51.7 Å². The molecule has 0 saturated heterocycles. The molecule has 0 saturated carbocycles. The van der Waals surface area contributed by atoms with Gasteiger partial charge in [0.25, 0.3) is 0 Å². The van der Waals surface area contributed by atoms with E-state index < -0.39 is 5.60 Å². The lowest BCUT2D eigenvalue weighted by Gasteiger charge is -2.28. The number of ether oxygens (including phenoxy) is 2. The van der Waals surface area contributed by atoms with Crippen molar-refractivity contribution in [2.24, 2.45) is 0 Å². The van der Waals surface area contributed by atoms with E-state index in [0.717, 1.165) is 25.0 Å². The van der Waals surface area contributed by atoms with E-state index in [-0.39, 0.29) is 12.1 Å². The third-order valence-electron chi connectivity index (χ3n) is 3.38. The summed E-state index contributed by atoms with van der Waals surface area (Å²) in [6, 6.07) is 6.21. The van der Waals surface area contributed by atoms with Crippen molar-refractivity contribution in [3.8, 4) is 5.75 Å². The Kier molecular flexibility index (Phi) is 4.21. The standard InChI is InChI=1S/C16H23NO3/c1-16(2,3)20-15(18)17-12-8-9-13-11(10-12)6-5-7-14(13)19-4/h5-7,12H,8-10H2,1-4H3,(H,17,18)/t12-/m0/s1. The monoisotopic (exact) mass is 277 g/mol. The van der Waals surface area contributed by atoms with Crippen molar-refractivity contribution in [1.82, 2.24) is 5.32 Å². The van der Waals surface area contributed by atoms with Crippen LogP contribution in [0.3, 0.4) is 0 Å². The number of carbonyl (C=O) groups is 1. The number of carbonyl (C=O) groups excluding carboxylic acids is 1. The van der Waals surface area contributed by atoms with Crippen LogP contribution in [0.5, 0.6) is 5.75 Å². The molecule has 1 amide bonds. The molecule has 4 heteroatoms. The van der Waals surface area contributed by atoms with E-state index >= 15 is 0 Å². The molecule has 4 nitrogen and oxygen atoms in total. The summed E-state index contributed by atoms with van der Waals surface area (Å²) in [5.41, 5.74) is 2.05. The number of benzene rings is 1. The SMILES string of the molecule is COc1cccc2c1CC[C@H](NC(=O)OC(C)(C)C)C2. The molecule has 0 radical (unpaired) electrons. The first kappa shape index (κ1) is 14.7. The van der Waals surface area contributed by atoms with E-state index in [9.17, 15) is 4.79 Å². The van der Waals surface area contributed by atoms with Crippen molar-refractivity contribution in [3.05, 3.63) is 29.3 Å². The Bertz CT molecular complexity index is 491. The summed E-state index contributed by atoms with van der Waals surface area (Å²) in [5.74, 6) is 0.943. The molecular formula is C16H23NO3. The first-order valence-electron chi connectivity index (χ1n) is 7.03. The lowest BCUT2D eigenvalue weighted by atomic mass is 9.88. The Labute approximate surface area is 120 Å². The summed E-state index contributed by atoms with van der Waals surface area (Å²) in [6.45, 7) is 5.61. The highest BCUT2D eigenvalue weighted by molar-refractivity contribution is 5.68. The molecule has 1 aromatic rings. The summed E-state index contributed by atoms with van der Waals surface area (Å²) < 4.78 is 10.7. The number of hydrogen-bond acceptors (Lipinski definition) is 3. The minimum atomic E-state index is -0.458. The van der Waals surface area contributed by atoms with Crippen LogP contribution in [0, 0.1) is 0 Å². The van der Waals surface area contributed by atoms with Gasteiger partial charge in [0.15, 0.2) is 0 Å². The second-order valence-corrected chi connectivity index (χ2v) is 6.18. The van der Waals surface area contributed by atoms with Crippen LogP contribution in [0.4, 0.5) is 4.79 Å². The first-order chi connectivity index (χ1) is 9.39. The number of hydrogen-bond donors (Lipinski definition) is 1. The predicted molar refractivity (Wildman–Crippen MR) is 78.2 cm³/mol. The molecule has 0 spiro atoms. The van der Waals surface area contributed by atoms with Crippen molar-refractivity contribution in [2.75, 3.05) is 7.11 Å². The van der Waals surface area contributed by atoms with E-state index in [2.05, 4.69) is 11.4 Å². The van der Waals surface area contributed by atoms with Crippen molar-refractivity contribution < 1.29 is 14.3 Å². The summed E-state index contributed by atoms with van der Waals surface area (Å²) in [7, 11) is 1.70. The number of rotatable bonds is 2. The second-order valence-electron chi connectivity index (χ2n) is 6.18. The lowest BCUT2D eigenvalue weighted by molar-refractivity contribution is 0.0500. The quantitative estimate of drug-likeness (QED) is 0.903. The molecule has 1 aliphatic carbocycles. The zero-order valence-electron chi connectivity index (χ0n) is 12.7. The van der Waals surface area contributed by atoms with Crippen LogP contribution < -0.4 is 10.1 Å². The van der Waals surface area contributed by atoms with E-state index in [1.807, 2.05) is 32.9 Å². The van der Waals surface area contributed by atoms with Crippen LogP contribution in [0.1, 0.15) is 38.3 Å². The highest BCUT2D eigenvalue weighted by atomic mass is 16.6. The molecule has 0 fully saturated rings. The van der Waals surface area contributed by atoms with Gasteiger partial charge in [-0.25, -0.2) is 4.79 Å². The summed E-state index contributed by atoms with van der Waals surface area (Å²) in [6.07, 6.45) is 2.31. The maximum absolute atomic E-state index is 11.8. The van der Waals surface area contributed by atoms with Crippen LogP contribution in [-0.4, -0.2) is 24.8 Å². The lowest BCUT2D eigenvalue weighted by Crippen LogP contribution is -2.41. The number of nitrogens with one attached hydrogen (secondary N) is 1. The Morgan fingerprint density at radius 2 is 2.10 bits per heavy atom. The Balaban J connectivity index is 2.00. The fraction of sp³-hybridized carbons (Fsp3) is 0.562. The minimum Gasteiger partial charge on any atom is -0.496 e. The van der Waals surface area contributed by atoms with Gasteiger partial charge < -0.3 is 14.8 Å². The predicted octanol–water partition coefficient (Wildman–Crippen LogP) is 3.08. The van der Waals surface area contributed by atoms with Gasteiger partial charge in [-0.3, -0.25) is 0 Å². The minimum absolute atomic E-state index is 0.129. The summed E-state index contributed by atoms with van der Waals surface area (Å²) in [4.78, 5) is 11.8. The van der Waals surface area contributed by atoms with E-state index in [1.54, 1.807) is 7.11 Å². The zero-order chi connectivity index (χ0) is 14.8. The van der Waals surface area contributed by atoms with Gasteiger partial charge in [0.2, 0.25) is 0 Å². The highest BCUT2D eigenvalue weighted by Gasteiger charge is 2.24. The van der Waals surface area contributed by atoms with Gasteiger partial charge >= 0.3 is 6.09 Å². The molecule has 0 aromatic heterocycles. The maximum atomic E-state index is 11.8. The van der Waals surface area contributed by atoms with Gasteiger partial charge in [0, 0.05) is 6.04 Å². The Morgan fingerprint density at radius 1 is 1.35 bits per heavy atom. The summed E-state index contributed by atoms with van der Waals surface area (Å²) in [5, 5.41) is 2.95. The zero-order valence-corrected chi connectivity index (χ0v) is 12.7. The third-order valence-corrected chi connectivity index (χ3v) is 3.38. The van der Waals surface area contributed by atoms with Crippen LogP contribution in [0.2, 0.25) is 0 Å². The Hall–Kier alpha value is -1.71. The molecule has 20 heavy (non-hydrogen) atoms. The Morgan fingerprint density at radius 3 is 2.75 bits per heavy atom. The normalized spacial score (nSPS) is 18.1. The van der Waals surface area contributed by atoms with Gasteiger partial charge in [-0.15, -0.1) is 0 Å². The molecule has 110 valence electrons. The van der Waals surface area contributed by atoms with E-state index in [1.165, 1.54) is 11.1 Å². The second kappa shape index (κ2) is 5.73. The largest absolute Gasteiger partial charge is 0.496 e. The van der Waals surface area contributed by atoms with E-state index in [4.69, 9.17) is 9.47 Å². The molecule has 0 aliphatic heterocycles. The molecule has 1 aromatic carbocycles. The average Bonchev–Trinajstić information content (AvgIpc) is 2.35. The van der Waals surface area contributed by atoms with Gasteiger partial charge in [-0.1, -0.05) is 12.1 Å². The van der Waals surface area contributed by atoms with Crippen molar-refractivity contribution in [3.63, 3.8) is 0 Å². The number of amides is 1. The maximum Gasteiger partial charge on any atom is 0.407 e. The van der Waals surface area contributed by atoms with Gasteiger partial charge in [-0.05, 0) is 57.2 Å². The number of fused-ring (bicyclic) bond motifs is 1. The van der Waals surface area contributed by atoms with Crippen LogP contribution >= 0.6 is 0 Å². The van der Waals surface area contributed by atoms with E-state index in [0.29, 0.717) is 0 Å². The average molecular weight is 277 g/mol. The fourth-order valence-electron chi connectivity index (χ4n) is 2.56. The number of alkyl carbamates (subject to hydrolysis) is 1. The van der Waals surface area contributed by atoms with Crippen LogP contribution in [-0.2, 0) is 17.6 Å². The molecule has 1 atom stereocenters. The molecule has 0 bridgehead atoms. The molecule has 1 N–H and O–H groups in total. The van der Waals surface area contributed by atoms with Gasteiger partial charge in [-0.2, -0.15) is 0 Å². The smallest absolute Gasteiger partial charge is 0.407 e.